The number of thioether (sulfide) groups is 1. The van der Waals surface area contributed by atoms with E-state index in [1.165, 1.54) is 18.2 Å². The van der Waals surface area contributed by atoms with Gasteiger partial charge in [0.05, 0.1) is 5.25 Å². The van der Waals surface area contributed by atoms with Gasteiger partial charge in [0.2, 0.25) is 5.91 Å². The Morgan fingerprint density at radius 3 is 2.55 bits per heavy atom. The number of aryl methyl sites for hydroxylation is 1. The van der Waals surface area contributed by atoms with E-state index in [1.54, 1.807) is 0 Å². The summed E-state index contributed by atoms with van der Waals surface area (Å²) in [6.45, 7) is 6.72. The minimum Gasteiger partial charge on any atom is -0.336 e. The average molecular weight is 431 g/mol. The number of amides is 2. The van der Waals surface area contributed by atoms with Crippen molar-refractivity contribution in [2.75, 3.05) is 11.9 Å². The number of hydrogen-bond donors (Lipinski definition) is 1. The third-order valence-electron chi connectivity index (χ3n) is 5.29. The lowest BCUT2D eigenvalue weighted by Gasteiger charge is -2.33. The van der Waals surface area contributed by atoms with Crippen LogP contribution in [0.15, 0.2) is 47.4 Å². The smallest absolute Gasteiger partial charge is 0.254 e. The molecule has 2 amide bonds. The highest BCUT2D eigenvalue weighted by atomic mass is 35.5. The van der Waals surface area contributed by atoms with E-state index in [4.69, 9.17) is 11.6 Å². The molecular weight excluding hydrogens is 404 g/mol. The van der Waals surface area contributed by atoms with Crippen LogP contribution in [0.5, 0.6) is 0 Å². The molecule has 1 aliphatic rings. The first-order valence-electron chi connectivity index (χ1n) is 10.00. The van der Waals surface area contributed by atoms with Crippen LogP contribution in [0.2, 0.25) is 5.02 Å². The number of benzene rings is 2. The second-order valence-electron chi connectivity index (χ2n) is 7.58. The summed E-state index contributed by atoms with van der Waals surface area (Å²) in [5.41, 5.74) is 2.30. The topological polar surface area (TPSA) is 49.4 Å². The third-order valence-corrected chi connectivity index (χ3v) is 6.65. The summed E-state index contributed by atoms with van der Waals surface area (Å²) < 4.78 is 0. The SMILES string of the molecule is Cc1cc(C(=O)N2CCCCC2C)ccc1NC(=O)C(C)Sc1ccc(Cl)cc1. The molecule has 2 unspecified atom stereocenters. The number of anilines is 1. The maximum Gasteiger partial charge on any atom is 0.254 e. The Morgan fingerprint density at radius 1 is 1.17 bits per heavy atom. The van der Waals surface area contributed by atoms with Crippen molar-refractivity contribution >= 4 is 40.9 Å². The lowest BCUT2D eigenvalue weighted by Crippen LogP contribution is -2.42. The van der Waals surface area contributed by atoms with Gasteiger partial charge < -0.3 is 10.2 Å². The van der Waals surface area contributed by atoms with Gasteiger partial charge in [0.25, 0.3) is 5.91 Å². The first-order valence-corrected chi connectivity index (χ1v) is 11.3. The predicted molar refractivity (Wildman–Crippen MR) is 121 cm³/mol. The summed E-state index contributed by atoms with van der Waals surface area (Å²) in [5.74, 6) is 0.00150. The van der Waals surface area contributed by atoms with Gasteiger partial charge in [-0.25, -0.2) is 0 Å². The van der Waals surface area contributed by atoms with Crippen molar-refractivity contribution < 1.29 is 9.59 Å². The molecular formula is C23H27ClN2O2S. The highest BCUT2D eigenvalue weighted by Crippen LogP contribution is 2.27. The molecule has 0 aliphatic carbocycles. The number of carbonyl (C=O) groups excluding carboxylic acids is 2. The Kier molecular flexibility index (Phi) is 7.25. The molecule has 1 saturated heterocycles. The van der Waals surface area contributed by atoms with Crippen LogP contribution < -0.4 is 5.32 Å². The number of likely N-dealkylation sites (tertiary alicyclic amines) is 1. The van der Waals surface area contributed by atoms with Gasteiger partial charge in [0.1, 0.15) is 0 Å². The Hall–Kier alpha value is -1.98. The van der Waals surface area contributed by atoms with Crippen LogP contribution in [-0.2, 0) is 4.79 Å². The average Bonchev–Trinajstić information content (AvgIpc) is 2.71. The first-order chi connectivity index (χ1) is 13.8. The molecule has 1 aliphatic heterocycles. The molecule has 0 radical (unpaired) electrons. The van der Waals surface area contributed by atoms with Gasteiger partial charge in [-0.05, 0) is 88.1 Å². The third kappa shape index (κ3) is 5.55. The zero-order chi connectivity index (χ0) is 21.0. The van der Waals surface area contributed by atoms with Crippen LogP contribution in [0.3, 0.4) is 0 Å². The van der Waals surface area contributed by atoms with Gasteiger partial charge in [-0.2, -0.15) is 0 Å². The largest absolute Gasteiger partial charge is 0.336 e. The van der Waals surface area contributed by atoms with Gasteiger partial charge in [-0.1, -0.05) is 11.6 Å². The lowest BCUT2D eigenvalue weighted by molar-refractivity contribution is -0.115. The quantitative estimate of drug-likeness (QED) is 0.611. The van der Waals surface area contributed by atoms with E-state index < -0.39 is 0 Å². The van der Waals surface area contributed by atoms with E-state index >= 15 is 0 Å². The molecule has 2 aromatic rings. The molecule has 2 atom stereocenters. The van der Waals surface area contributed by atoms with Crippen LogP contribution >= 0.6 is 23.4 Å². The van der Waals surface area contributed by atoms with Gasteiger partial charge in [-0.3, -0.25) is 9.59 Å². The second kappa shape index (κ2) is 9.68. The lowest BCUT2D eigenvalue weighted by atomic mass is 10.0. The van der Waals surface area contributed by atoms with Crippen LogP contribution in [0, 0.1) is 6.92 Å². The maximum atomic E-state index is 12.9. The molecule has 29 heavy (non-hydrogen) atoms. The summed E-state index contributed by atoms with van der Waals surface area (Å²) in [7, 11) is 0. The monoisotopic (exact) mass is 430 g/mol. The molecule has 154 valence electrons. The second-order valence-corrected chi connectivity index (χ2v) is 9.43. The fraction of sp³-hybridized carbons (Fsp3) is 0.391. The van der Waals surface area contributed by atoms with E-state index in [0.717, 1.165) is 35.5 Å². The van der Waals surface area contributed by atoms with Crippen LogP contribution in [-0.4, -0.2) is 34.6 Å². The highest BCUT2D eigenvalue weighted by Gasteiger charge is 2.24. The Balaban J connectivity index is 1.64. The summed E-state index contributed by atoms with van der Waals surface area (Å²) in [4.78, 5) is 28.4. The number of carbonyl (C=O) groups is 2. The number of hydrogen-bond acceptors (Lipinski definition) is 3. The summed E-state index contributed by atoms with van der Waals surface area (Å²) in [5, 5.41) is 3.40. The number of halogens is 1. The minimum absolute atomic E-state index is 0.0724. The fourth-order valence-corrected chi connectivity index (χ4v) is 4.50. The molecule has 1 heterocycles. The van der Waals surface area contributed by atoms with E-state index in [0.29, 0.717) is 10.6 Å². The molecule has 0 aromatic heterocycles. The van der Waals surface area contributed by atoms with E-state index in [-0.39, 0.29) is 23.1 Å². The number of nitrogens with one attached hydrogen (secondary N) is 1. The first kappa shape index (κ1) is 21.7. The Labute approximate surface area is 182 Å². The maximum absolute atomic E-state index is 12.9. The summed E-state index contributed by atoms with van der Waals surface area (Å²) in [6.07, 6.45) is 3.30. The van der Waals surface area contributed by atoms with Crippen LogP contribution in [0.1, 0.15) is 49.0 Å². The molecule has 0 bridgehead atoms. The molecule has 1 N–H and O–H groups in total. The minimum atomic E-state index is -0.258. The molecule has 0 saturated carbocycles. The number of rotatable bonds is 5. The summed E-state index contributed by atoms with van der Waals surface area (Å²) in [6, 6.07) is 13.2. The number of piperidine rings is 1. The molecule has 0 spiro atoms. The van der Waals surface area contributed by atoms with E-state index in [2.05, 4.69) is 12.2 Å². The van der Waals surface area contributed by atoms with Crippen molar-refractivity contribution in [3.63, 3.8) is 0 Å². The van der Waals surface area contributed by atoms with Crippen LogP contribution in [0.4, 0.5) is 5.69 Å². The van der Waals surface area contributed by atoms with Crippen molar-refractivity contribution in [3.05, 3.63) is 58.6 Å². The predicted octanol–water partition coefficient (Wildman–Crippen LogP) is 5.78. The zero-order valence-electron chi connectivity index (χ0n) is 17.1. The van der Waals surface area contributed by atoms with Crippen molar-refractivity contribution in [3.8, 4) is 0 Å². The molecule has 1 fully saturated rings. The van der Waals surface area contributed by atoms with Crippen LogP contribution in [0.25, 0.3) is 0 Å². The van der Waals surface area contributed by atoms with Gasteiger partial charge in [0.15, 0.2) is 0 Å². The Morgan fingerprint density at radius 2 is 1.90 bits per heavy atom. The van der Waals surface area contributed by atoms with Gasteiger partial charge >= 0.3 is 0 Å². The highest BCUT2D eigenvalue weighted by molar-refractivity contribution is 8.00. The summed E-state index contributed by atoms with van der Waals surface area (Å²) >= 11 is 7.39. The van der Waals surface area contributed by atoms with Gasteiger partial charge in [-0.15, -0.1) is 11.8 Å². The molecule has 6 heteroatoms. The Bertz CT molecular complexity index is 885. The van der Waals surface area contributed by atoms with Crippen molar-refractivity contribution in [1.82, 2.24) is 4.90 Å². The van der Waals surface area contributed by atoms with E-state index in [1.807, 2.05) is 61.2 Å². The standard InChI is InChI=1S/C23H27ClN2O2S/c1-15-14-18(23(28)26-13-5-4-6-16(26)2)7-12-21(15)25-22(27)17(3)29-20-10-8-19(24)9-11-20/h7-12,14,16-17H,4-6,13H2,1-3H3,(H,25,27). The number of nitrogens with zero attached hydrogens (tertiary/aromatic N) is 1. The van der Waals surface area contributed by atoms with Gasteiger partial charge in [0, 0.05) is 33.8 Å². The molecule has 2 aromatic carbocycles. The van der Waals surface area contributed by atoms with Crippen molar-refractivity contribution in [2.45, 2.75) is 56.2 Å². The van der Waals surface area contributed by atoms with Crippen molar-refractivity contribution in [1.29, 1.82) is 0 Å². The molecule has 3 rings (SSSR count). The van der Waals surface area contributed by atoms with Crippen molar-refractivity contribution in [2.24, 2.45) is 0 Å². The van der Waals surface area contributed by atoms with E-state index in [9.17, 15) is 9.59 Å². The zero-order valence-corrected chi connectivity index (χ0v) is 18.6. The molecule has 4 nitrogen and oxygen atoms in total. The normalized spacial score (nSPS) is 17.7. The fourth-order valence-electron chi connectivity index (χ4n) is 3.51.